The molecule has 15 heavy (non-hydrogen) atoms. The van der Waals surface area contributed by atoms with Gasteiger partial charge in [0.1, 0.15) is 0 Å². The lowest BCUT2D eigenvalue weighted by Gasteiger charge is -2.02. The molecule has 0 aliphatic rings. The summed E-state index contributed by atoms with van der Waals surface area (Å²) in [5, 5.41) is 4.12. The minimum absolute atomic E-state index is 0.807. The normalized spacial score (nSPS) is 10.5. The third-order valence-corrected chi connectivity index (χ3v) is 2.91. The second kappa shape index (κ2) is 3.98. The van der Waals surface area contributed by atoms with E-state index in [-0.39, 0.29) is 0 Å². The zero-order valence-corrected chi connectivity index (χ0v) is 9.58. The van der Waals surface area contributed by atoms with Crippen molar-refractivity contribution in [3.63, 3.8) is 0 Å². The number of hydrogen-bond acceptors (Lipinski definition) is 3. The van der Waals surface area contributed by atoms with Crippen molar-refractivity contribution in [1.29, 1.82) is 0 Å². The van der Waals surface area contributed by atoms with Crippen LogP contribution < -0.4 is 5.73 Å². The van der Waals surface area contributed by atoms with Gasteiger partial charge in [-0.1, -0.05) is 11.8 Å². The highest BCUT2D eigenvalue weighted by Gasteiger charge is 2.01. The molecular formula is C11H13N3S. The number of rotatable bonds is 2. The van der Waals surface area contributed by atoms with Crippen molar-refractivity contribution in [1.82, 2.24) is 9.78 Å². The SMILES string of the molecule is Cc1cc(N)cc(Sc2cnn(C)c2)c1. The van der Waals surface area contributed by atoms with Crippen molar-refractivity contribution < 1.29 is 0 Å². The molecule has 1 aromatic heterocycles. The lowest BCUT2D eigenvalue weighted by Crippen LogP contribution is -1.86. The predicted octanol–water partition coefficient (Wildman–Crippen LogP) is 2.46. The molecule has 2 N–H and O–H groups in total. The van der Waals surface area contributed by atoms with Crippen LogP contribution in [0.25, 0.3) is 0 Å². The summed E-state index contributed by atoms with van der Waals surface area (Å²) >= 11 is 1.67. The smallest absolute Gasteiger partial charge is 0.0629 e. The fraction of sp³-hybridized carbons (Fsp3) is 0.182. The molecule has 0 saturated carbocycles. The summed E-state index contributed by atoms with van der Waals surface area (Å²) in [5.41, 5.74) is 7.77. The van der Waals surface area contributed by atoms with E-state index < -0.39 is 0 Å². The van der Waals surface area contributed by atoms with Crippen LogP contribution in [-0.2, 0) is 7.05 Å². The van der Waals surface area contributed by atoms with Gasteiger partial charge in [-0.3, -0.25) is 4.68 Å². The van der Waals surface area contributed by atoms with Gasteiger partial charge >= 0.3 is 0 Å². The van der Waals surface area contributed by atoms with Gasteiger partial charge in [-0.15, -0.1) is 0 Å². The Morgan fingerprint density at radius 2 is 2.07 bits per heavy atom. The molecule has 1 heterocycles. The molecule has 4 heteroatoms. The molecule has 0 aliphatic heterocycles. The molecule has 0 bridgehead atoms. The topological polar surface area (TPSA) is 43.8 Å². The Kier molecular flexibility index (Phi) is 2.68. The minimum atomic E-state index is 0.807. The maximum Gasteiger partial charge on any atom is 0.0629 e. The Morgan fingerprint density at radius 1 is 1.27 bits per heavy atom. The van der Waals surface area contributed by atoms with Crippen LogP contribution in [0.15, 0.2) is 40.4 Å². The molecule has 0 fully saturated rings. The Balaban J connectivity index is 2.24. The van der Waals surface area contributed by atoms with E-state index in [1.807, 2.05) is 38.5 Å². The van der Waals surface area contributed by atoms with Crippen LogP contribution in [0.5, 0.6) is 0 Å². The molecule has 0 unspecified atom stereocenters. The maximum absolute atomic E-state index is 5.78. The fourth-order valence-electron chi connectivity index (χ4n) is 1.42. The van der Waals surface area contributed by atoms with E-state index in [4.69, 9.17) is 5.73 Å². The highest BCUT2D eigenvalue weighted by molar-refractivity contribution is 7.99. The maximum atomic E-state index is 5.78. The average Bonchev–Trinajstić information content (AvgIpc) is 2.49. The Labute approximate surface area is 93.3 Å². The van der Waals surface area contributed by atoms with Crippen molar-refractivity contribution in [2.24, 2.45) is 7.05 Å². The molecule has 0 aliphatic carbocycles. The quantitative estimate of drug-likeness (QED) is 0.789. The lowest BCUT2D eigenvalue weighted by molar-refractivity contribution is 0.766. The summed E-state index contributed by atoms with van der Waals surface area (Å²) < 4.78 is 1.79. The molecule has 0 radical (unpaired) electrons. The summed E-state index contributed by atoms with van der Waals surface area (Å²) in [5.74, 6) is 0. The summed E-state index contributed by atoms with van der Waals surface area (Å²) in [6.07, 6.45) is 3.84. The third-order valence-electron chi connectivity index (χ3n) is 1.99. The number of aromatic nitrogens is 2. The molecule has 2 rings (SSSR count). The van der Waals surface area contributed by atoms with Gasteiger partial charge in [0, 0.05) is 23.8 Å². The summed E-state index contributed by atoms with van der Waals surface area (Å²) in [4.78, 5) is 2.28. The van der Waals surface area contributed by atoms with Crippen molar-refractivity contribution >= 4 is 17.4 Å². The van der Waals surface area contributed by atoms with Gasteiger partial charge in [0.25, 0.3) is 0 Å². The molecule has 0 saturated heterocycles. The number of aryl methyl sites for hydroxylation is 2. The largest absolute Gasteiger partial charge is 0.399 e. The Bertz CT molecular complexity index is 456. The summed E-state index contributed by atoms with van der Waals surface area (Å²) in [7, 11) is 1.91. The van der Waals surface area contributed by atoms with Crippen molar-refractivity contribution in [3.05, 3.63) is 36.2 Å². The second-order valence-electron chi connectivity index (χ2n) is 3.53. The first-order valence-corrected chi connectivity index (χ1v) is 5.49. The van der Waals surface area contributed by atoms with Crippen LogP contribution in [0.3, 0.4) is 0 Å². The van der Waals surface area contributed by atoms with Crippen LogP contribution in [-0.4, -0.2) is 9.78 Å². The Hall–Kier alpha value is -1.42. The summed E-state index contributed by atoms with van der Waals surface area (Å²) in [6, 6.07) is 6.06. The minimum Gasteiger partial charge on any atom is -0.399 e. The molecular weight excluding hydrogens is 206 g/mol. The third kappa shape index (κ3) is 2.53. The van der Waals surface area contributed by atoms with E-state index in [1.165, 1.54) is 5.56 Å². The molecule has 0 spiro atoms. The van der Waals surface area contributed by atoms with Crippen LogP contribution in [0.1, 0.15) is 5.56 Å². The number of benzene rings is 1. The van der Waals surface area contributed by atoms with Gasteiger partial charge in [-0.05, 0) is 30.7 Å². The van der Waals surface area contributed by atoms with Gasteiger partial charge in [0.2, 0.25) is 0 Å². The fourth-order valence-corrected chi connectivity index (χ4v) is 2.44. The standard InChI is InChI=1S/C11H13N3S/c1-8-3-9(12)5-10(4-8)15-11-6-13-14(2)7-11/h3-7H,12H2,1-2H3. The number of nitrogens with two attached hydrogens (primary N) is 1. The van der Waals surface area contributed by atoms with E-state index in [1.54, 1.807) is 16.4 Å². The lowest BCUT2D eigenvalue weighted by atomic mass is 10.2. The number of nitrogen functional groups attached to an aromatic ring is 1. The first-order chi connectivity index (χ1) is 7.13. The number of anilines is 1. The van der Waals surface area contributed by atoms with Crippen molar-refractivity contribution in [3.8, 4) is 0 Å². The zero-order valence-electron chi connectivity index (χ0n) is 8.77. The average molecular weight is 219 g/mol. The monoisotopic (exact) mass is 219 g/mol. The van der Waals surface area contributed by atoms with Crippen molar-refractivity contribution in [2.45, 2.75) is 16.7 Å². The highest BCUT2D eigenvalue weighted by Crippen LogP contribution is 2.29. The first-order valence-electron chi connectivity index (χ1n) is 4.67. The van der Waals surface area contributed by atoms with Crippen LogP contribution in [0.4, 0.5) is 5.69 Å². The van der Waals surface area contributed by atoms with E-state index in [0.717, 1.165) is 15.5 Å². The van der Waals surface area contributed by atoms with Gasteiger partial charge in [-0.2, -0.15) is 5.10 Å². The van der Waals surface area contributed by atoms with Gasteiger partial charge in [0.15, 0.2) is 0 Å². The van der Waals surface area contributed by atoms with Crippen LogP contribution in [0, 0.1) is 6.92 Å². The van der Waals surface area contributed by atoms with Crippen LogP contribution >= 0.6 is 11.8 Å². The molecule has 78 valence electrons. The summed E-state index contributed by atoms with van der Waals surface area (Å²) in [6.45, 7) is 2.05. The van der Waals surface area contributed by atoms with E-state index in [9.17, 15) is 0 Å². The number of hydrogen-bond donors (Lipinski definition) is 1. The Morgan fingerprint density at radius 3 is 2.67 bits per heavy atom. The van der Waals surface area contributed by atoms with E-state index >= 15 is 0 Å². The number of nitrogens with zero attached hydrogens (tertiary/aromatic N) is 2. The van der Waals surface area contributed by atoms with Gasteiger partial charge in [0.05, 0.1) is 11.1 Å². The molecule has 0 amide bonds. The van der Waals surface area contributed by atoms with Gasteiger partial charge in [-0.25, -0.2) is 0 Å². The predicted molar refractivity (Wildman–Crippen MR) is 62.9 cm³/mol. The molecule has 2 aromatic rings. The van der Waals surface area contributed by atoms with Gasteiger partial charge < -0.3 is 5.73 Å². The molecule has 0 atom stereocenters. The van der Waals surface area contributed by atoms with E-state index in [0.29, 0.717) is 0 Å². The molecule has 3 nitrogen and oxygen atoms in total. The van der Waals surface area contributed by atoms with E-state index in [2.05, 4.69) is 11.2 Å². The first kappa shape index (κ1) is 10.1. The van der Waals surface area contributed by atoms with Crippen molar-refractivity contribution in [2.75, 3.05) is 5.73 Å². The zero-order chi connectivity index (χ0) is 10.8. The van der Waals surface area contributed by atoms with Crippen LogP contribution in [0.2, 0.25) is 0 Å². The second-order valence-corrected chi connectivity index (χ2v) is 4.68. The molecule has 1 aromatic carbocycles. The highest BCUT2D eigenvalue weighted by atomic mass is 32.2.